The van der Waals surface area contributed by atoms with E-state index >= 15 is 0 Å². The van der Waals surface area contributed by atoms with E-state index in [0.717, 1.165) is 37.6 Å². The molecule has 1 aromatic carbocycles. The van der Waals surface area contributed by atoms with Crippen LogP contribution in [0.3, 0.4) is 0 Å². The number of aromatic amines is 1. The van der Waals surface area contributed by atoms with Crippen molar-refractivity contribution < 1.29 is 14.0 Å². The van der Waals surface area contributed by atoms with E-state index in [1.54, 1.807) is 6.07 Å². The summed E-state index contributed by atoms with van der Waals surface area (Å²) in [5, 5.41) is 6.84. The Labute approximate surface area is 193 Å². The summed E-state index contributed by atoms with van der Waals surface area (Å²) >= 11 is 6.54. The lowest BCUT2D eigenvalue weighted by molar-refractivity contribution is 0.122. The standard InChI is InChI=1S/C22H21ClN6O4/c1-2-17(18-12-19(27-30)28-33-18)32-22-24-16-11-15(23)20(25-21(16)26-22)13-3-5-14(6-4-13)29-7-9-31-10-8-29/h3-6,11-12,17H,2,7-10H2,1H3,(H,24,25,26). The van der Waals surface area contributed by atoms with Gasteiger partial charge in [0.1, 0.15) is 0 Å². The Morgan fingerprint density at radius 2 is 2.00 bits per heavy atom. The van der Waals surface area contributed by atoms with Gasteiger partial charge in [-0.15, -0.1) is 4.91 Å². The van der Waals surface area contributed by atoms with Gasteiger partial charge in [-0.1, -0.05) is 35.8 Å². The number of halogens is 1. The van der Waals surface area contributed by atoms with E-state index < -0.39 is 6.10 Å². The predicted molar refractivity (Wildman–Crippen MR) is 123 cm³/mol. The van der Waals surface area contributed by atoms with Gasteiger partial charge >= 0.3 is 0 Å². The first-order valence-corrected chi connectivity index (χ1v) is 11.0. The molecule has 11 heteroatoms. The van der Waals surface area contributed by atoms with Crippen molar-refractivity contribution >= 4 is 34.3 Å². The van der Waals surface area contributed by atoms with Gasteiger partial charge in [-0.05, 0) is 29.8 Å². The summed E-state index contributed by atoms with van der Waals surface area (Å²) < 4.78 is 16.5. The molecule has 1 unspecified atom stereocenters. The summed E-state index contributed by atoms with van der Waals surface area (Å²) in [6.07, 6.45) is 0.0793. The zero-order valence-corrected chi connectivity index (χ0v) is 18.6. The third-order valence-electron chi connectivity index (χ3n) is 5.47. The molecule has 5 rings (SSSR count). The van der Waals surface area contributed by atoms with Gasteiger partial charge in [0.2, 0.25) is 5.82 Å². The fourth-order valence-corrected chi connectivity index (χ4v) is 4.02. The van der Waals surface area contributed by atoms with Crippen LogP contribution in [0.5, 0.6) is 6.01 Å². The number of ether oxygens (including phenoxy) is 2. The first-order valence-electron chi connectivity index (χ1n) is 10.6. The number of rotatable bonds is 7. The minimum Gasteiger partial charge on any atom is -0.453 e. The molecule has 10 nitrogen and oxygen atoms in total. The number of hydrogen-bond donors (Lipinski definition) is 1. The zero-order valence-electron chi connectivity index (χ0n) is 17.8. The molecule has 4 heterocycles. The quantitative estimate of drug-likeness (QED) is 0.375. The van der Waals surface area contributed by atoms with Crippen molar-refractivity contribution in [2.45, 2.75) is 19.4 Å². The molecule has 0 aliphatic carbocycles. The van der Waals surface area contributed by atoms with Crippen molar-refractivity contribution in [3.63, 3.8) is 0 Å². The number of imidazole rings is 1. The van der Waals surface area contributed by atoms with Crippen LogP contribution in [0.15, 0.2) is 46.1 Å². The molecule has 1 aliphatic heterocycles. The zero-order chi connectivity index (χ0) is 22.8. The highest BCUT2D eigenvalue weighted by molar-refractivity contribution is 6.33. The fraction of sp³-hybridized carbons (Fsp3) is 0.318. The molecule has 4 aromatic rings. The van der Waals surface area contributed by atoms with Crippen molar-refractivity contribution in [2.75, 3.05) is 31.2 Å². The van der Waals surface area contributed by atoms with Crippen LogP contribution in [0.1, 0.15) is 25.2 Å². The van der Waals surface area contributed by atoms with E-state index in [1.807, 2.05) is 19.1 Å². The maximum atomic E-state index is 10.6. The number of morpholine rings is 1. The summed E-state index contributed by atoms with van der Waals surface area (Å²) in [5.74, 6) is 0.356. The summed E-state index contributed by atoms with van der Waals surface area (Å²) in [7, 11) is 0. The smallest absolute Gasteiger partial charge is 0.296 e. The van der Waals surface area contributed by atoms with E-state index in [1.165, 1.54) is 6.07 Å². The molecule has 1 atom stereocenters. The lowest BCUT2D eigenvalue weighted by Gasteiger charge is -2.28. The van der Waals surface area contributed by atoms with Crippen LogP contribution in [0.2, 0.25) is 5.02 Å². The van der Waals surface area contributed by atoms with Crippen LogP contribution >= 0.6 is 11.6 Å². The van der Waals surface area contributed by atoms with Crippen molar-refractivity contribution in [3.8, 4) is 17.3 Å². The molecular formula is C22H21ClN6O4. The lowest BCUT2D eigenvalue weighted by Crippen LogP contribution is -2.36. The number of aromatic nitrogens is 4. The minimum absolute atomic E-state index is 0.0330. The van der Waals surface area contributed by atoms with E-state index in [9.17, 15) is 4.91 Å². The molecule has 0 bridgehead atoms. The number of benzene rings is 1. The molecule has 0 spiro atoms. The third-order valence-corrected chi connectivity index (χ3v) is 5.76. The molecule has 1 aliphatic rings. The Bertz CT molecular complexity index is 1270. The number of anilines is 1. The van der Waals surface area contributed by atoms with Crippen LogP contribution in [0.25, 0.3) is 22.4 Å². The van der Waals surface area contributed by atoms with Crippen LogP contribution < -0.4 is 9.64 Å². The highest BCUT2D eigenvalue weighted by Crippen LogP contribution is 2.32. The van der Waals surface area contributed by atoms with Gasteiger partial charge in [-0.2, -0.15) is 4.98 Å². The van der Waals surface area contributed by atoms with Crippen molar-refractivity contribution in [3.05, 3.63) is 52.1 Å². The first kappa shape index (κ1) is 21.4. The Kier molecular flexibility index (Phi) is 5.93. The fourth-order valence-electron chi connectivity index (χ4n) is 3.76. The number of nitroso groups, excluding NO2 is 1. The molecule has 170 valence electrons. The predicted octanol–water partition coefficient (Wildman–Crippen LogP) is 5.03. The molecule has 0 radical (unpaired) electrons. The Morgan fingerprint density at radius 1 is 1.21 bits per heavy atom. The van der Waals surface area contributed by atoms with Gasteiger partial charge in [0.25, 0.3) is 6.01 Å². The van der Waals surface area contributed by atoms with Crippen LogP contribution in [0.4, 0.5) is 11.5 Å². The molecule has 0 saturated carbocycles. The first-order chi connectivity index (χ1) is 16.1. The average molecular weight is 469 g/mol. The molecule has 3 aromatic heterocycles. The second-order valence-electron chi connectivity index (χ2n) is 7.57. The summed E-state index contributed by atoms with van der Waals surface area (Å²) in [5.41, 5.74) is 3.79. The largest absolute Gasteiger partial charge is 0.453 e. The number of nitrogens with one attached hydrogen (secondary N) is 1. The number of pyridine rings is 1. The highest BCUT2D eigenvalue weighted by atomic mass is 35.5. The SMILES string of the molecule is CCC(Oc1nc2nc(-c3ccc(N4CCOCC4)cc3)c(Cl)cc2[nH]1)c1cc(N=O)no1. The average Bonchev–Trinajstić information content (AvgIpc) is 3.49. The summed E-state index contributed by atoms with van der Waals surface area (Å²) in [6.45, 7) is 5.14. The molecule has 1 saturated heterocycles. The van der Waals surface area contributed by atoms with Crippen molar-refractivity contribution in [2.24, 2.45) is 5.18 Å². The topological polar surface area (TPSA) is 119 Å². The van der Waals surface area contributed by atoms with Crippen LogP contribution in [-0.2, 0) is 4.74 Å². The molecule has 0 amide bonds. The van der Waals surface area contributed by atoms with E-state index in [2.05, 4.69) is 42.3 Å². The van der Waals surface area contributed by atoms with Crippen LogP contribution in [0, 0.1) is 4.91 Å². The van der Waals surface area contributed by atoms with Gasteiger partial charge in [0.05, 0.1) is 29.4 Å². The van der Waals surface area contributed by atoms with Gasteiger partial charge in [-0.25, -0.2) is 4.98 Å². The Hall–Kier alpha value is -3.50. The number of fused-ring (bicyclic) bond motifs is 1. The maximum Gasteiger partial charge on any atom is 0.296 e. The number of nitrogens with zero attached hydrogens (tertiary/aromatic N) is 5. The van der Waals surface area contributed by atoms with Crippen molar-refractivity contribution in [1.29, 1.82) is 0 Å². The van der Waals surface area contributed by atoms with Crippen molar-refractivity contribution in [1.82, 2.24) is 20.1 Å². The van der Waals surface area contributed by atoms with Gasteiger partial charge in [0.15, 0.2) is 17.5 Å². The molecular weight excluding hydrogens is 448 g/mol. The molecule has 1 N–H and O–H groups in total. The second kappa shape index (κ2) is 9.16. The second-order valence-corrected chi connectivity index (χ2v) is 7.98. The maximum absolute atomic E-state index is 10.6. The van der Waals surface area contributed by atoms with E-state index in [4.69, 9.17) is 25.6 Å². The third kappa shape index (κ3) is 4.39. The number of hydrogen-bond acceptors (Lipinski definition) is 9. The Balaban J connectivity index is 1.39. The summed E-state index contributed by atoms with van der Waals surface area (Å²) in [6, 6.07) is 11.6. The Morgan fingerprint density at radius 3 is 2.70 bits per heavy atom. The normalized spacial score (nSPS) is 15.0. The van der Waals surface area contributed by atoms with Gasteiger partial charge in [0, 0.05) is 30.4 Å². The molecule has 1 fully saturated rings. The molecule has 33 heavy (non-hydrogen) atoms. The van der Waals surface area contributed by atoms with E-state index in [-0.39, 0.29) is 11.8 Å². The van der Waals surface area contributed by atoms with Gasteiger partial charge in [-0.3, -0.25) is 0 Å². The van der Waals surface area contributed by atoms with Crippen LogP contribution in [-0.4, -0.2) is 46.4 Å². The van der Waals surface area contributed by atoms with E-state index in [0.29, 0.717) is 34.1 Å². The minimum atomic E-state index is -0.490. The number of H-pyrrole nitrogens is 1. The van der Waals surface area contributed by atoms with Gasteiger partial charge < -0.3 is 23.9 Å². The monoisotopic (exact) mass is 468 g/mol. The lowest BCUT2D eigenvalue weighted by atomic mass is 10.1. The summed E-state index contributed by atoms with van der Waals surface area (Å²) in [4.78, 5) is 25.1. The highest BCUT2D eigenvalue weighted by Gasteiger charge is 2.20.